The number of nitrogens with one attached hydrogen (secondary N) is 1. The summed E-state index contributed by atoms with van der Waals surface area (Å²) in [7, 11) is 0. The van der Waals surface area contributed by atoms with Gasteiger partial charge in [-0.1, -0.05) is 6.07 Å². The molecule has 1 amide bonds. The summed E-state index contributed by atoms with van der Waals surface area (Å²) in [6.45, 7) is 5.01. The molecule has 160 valence electrons. The molecule has 5 aromatic heterocycles. The van der Waals surface area contributed by atoms with Gasteiger partial charge in [-0.05, 0) is 43.7 Å². The number of aryl methyl sites for hydroxylation is 2. The standard InChI is InChI=1S/C23H21N7OS/c1-15-26-19(13-29(15)12-18-14-32-16(2)27-18)22-28-21(20-5-3-4-10-30(20)22)23(31)25-11-17-6-8-24-9-7-17/h3-10,13-14H,11-12H2,1-2H3,(H,25,31). The Balaban J connectivity index is 1.46. The molecule has 0 saturated carbocycles. The van der Waals surface area contributed by atoms with E-state index in [0.29, 0.717) is 30.3 Å². The fraction of sp³-hybridized carbons (Fsp3) is 0.174. The molecule has 0 spiro atoms. The van der Waals surface area contributed by atoms with Gasteiger partial charge in [-0.15, -0.1) is 11.3 Å². The second kappa shape index (κ2) is 8.35. The Hall–Kier alpha value is -3.85. The molecule has 0 aliphatic heterocycles. The molecule has 9 heteroatoms. The Kier molecular flexibility index (Phi) is 5.24. The van der Waals surface area contributed by atoms with Gasteiger partial charge in [0, 0.05) is 36.7 Å². The van der Waals surface area contributed by atoms with Crippen LogP contribution in [0.25, 0.3) is 17.0 Å². The normalized spacial score (nSPS) is 11.2. The van der Waals surface area contributed by atoms with E-state index in [9.17, 15) is 4.79 Å². The Morgan fingerprint density at radius 1 is 1.09 bits per heavy atom. The minimum atomic E-state index is -0.231. The van der Waals surface area contributed by atoms with Gasteiger partial charge in [-0.25, -0.2) is 15.0 Å². The van der Waals surface area contributed by atoms with Gasteiger partial charge in [0.15, 0.2) is 11.5 Å². The molecule has 0 radical (unpaired) electrons. The quantitative estimate of drug-likeness (QED) is 0.433. The SMILES string of the molecule is Cc1nc(Cn2cc(-c3nc(C(=O)NCc4ccncc4)c4ccccn34)nc2C)cs1. The van der Waals surface area contributed by atoms with Crippen LogP contribution >= 0.6 is 11.3 Å². The highest BCUT2D eigenvalue weighted by atomic mass is 32.1. The summed E-state index contributed by atoms with van der Waals surface area (Å²) in [6.07, 6.45) is 7.27. The molecule has 0 aromatic carbocycles. The van der Waals surface area contributed by atoms with Crippen molar-refractivity contribution < 1.29 is 4.79 Å². The molecule has 5 heterocycles. The van der Waals surface area contributed by atoms with Crippen molar-refractivity contribution in [3.63, 3.8) is 0 Å². The third kappa shape index (κ3) is 3.90. The van der Waals surface area contributed by atoms with E-state index in [1.807, 2.05) is 61.0 Å². The first-order valence-electron chi connectivity index (χ1n) is 10.2. The lowest BCUT2D eigenvalue weighted by Crippen LogP contribution is -2.23. The maximum atomic E-state index is 13.0. The van der Waals surface area contributed by atoms with Crippen molar-refractivity contribution in [2.75, 3.05) is 0 Å². The van der Waals surface area contributed by atoms with Crippen LogP contribution in [-0.2, 0) is 13.1 Å². The van der Waals surface area contributed by atoms with Crippen molar-refractivity contribution in [2.45, 2.75) is 26.9 Å². The molecule has 0 saturated heterocycles. The van der Waals surface area contributed by atoms with Gasteiger partial charge in [0.25, 0.3) is 5.91 Å². The molecule has 8 nitrogen and oxygen atoms in total. The van der Waals surface area contributed by atoms with E-state index >= 15 is 0 Å². The molecular weight excluding hydrogens is 422 g/mol. The second-order valence-corrected chi connectivity index (χ2v) is 8.50. The van der Waals surface area contributed by atoms with E-state index in [1.165, 1.54) is 0 Å². The van der Waals surface area contributed by atoms with E-state index in [4.69, 9.17) is 4.98 Å². The van der Waals surface area contributed by atoms with Gasteiger partial charge in [0.2, 0.25) is 0 Å². The second-order valence-electron chi connectivity index (χ2n) is 7.44. The van der Waals surface area contributed by atoms with Crippen LogP contribution in [0.3, 0.4) is 0 Å². The van der Waals surface area contributed by atoms with Crippen LogP contribution in [0.2, 0.25) is 0 Å². The van der Waals surface area contributed by atoms with E-state index in [-0.39, 0.29) is 5.91 Å². The third-order valence-electron chi connectivity index (χ3n) is 5.17. The predicted molar refractivity (Wildman–Crippen MR) is 123 cm³/mol. The summed E-state index contributed by atoms with van der Waals surface area (Å²) in [4.78, 5) is 30.9. The van der Waals surface area contributed by atoms with Crippen LogP contribution in [0.15, 0.2) is 60.5 Å². The van der Waals surface area contributed by atoms with E-state index in [1.54, 1.807) is 23.7 Å². The highest BCUT2D eigenvalue weighted by Gasteiger charge is 2.20. The fourth-order valence-electron chi connectivity index (χ4n) is 3.58. The van der Waals surface area contributed by atoms with Gasteiger partial charge in [-0.3, -0.25) is 14.2 Å². The molecule has 0 aliphatic carbocycles. The average Bonchev–Trinajstić information content (AvgIpc) is 3.50. The number of rotatable bonds is 6. The number of amides is 1. The Morgan fingerprint density at radius 2 is 1.94 bits per heavy atom. The van der Waals surface area contributed by atoms with Crippen molar-refractivity contribution in [3.05, 3.63) is 88.3 Å². The summed E-state index contributed by atoms with van der Waals surface area (Å²) < 4.78 is 3.96. The minimum absolute atomic E-state index is 0.231. The average molecular weight is 444 g/mol. The van der Waals surface area contributed by atoms with Crippen molar-refractivity contribution in [2.24, 2.45) is 0 Å². The van der Waals surface area contributed by atoms with Crippen molar-refractivity contribution in [3.8, 4) is 11.5 Å². The number of carbonyl (C=O) groups is 1. The zero-order chi connectivity index (χ0) is 22.1. The highest BCUT2D eigenvalue weighted by Crippen LogP contribution is 2.23. The van der Waals surface area contributed by atoms with E-state index in [2.05, 4.69) is 30.2 Å². The molecule has 0 fully saturated rings. The minimum Gasteiger partial charge on any atom is -0.347 e. The van der Waals surface area contributed by atoms with Crippen molar-refractivity contribution in [1.29, 1.82) is 0 Å². The Labute approximate surface area is 188 Å². The summed E-state index contributed by atoms with van der Waals surface area (Å²) in [5.74, 6) is 1.26. The first-order valence-corrected chi connectivity index (χ1v) is 11.1. The van der Waals surface area contributed by atoms with Crippen LogP contribution in [0, 0.1) is 13.8 Å². The van der Waals surface area contributed by atoms with Gasteiger partial charge >= 0.3 is 0 Å². The molecule has 0 aliphatic rings. The maximum Gasteiger partial charge on any atom is 0.272 e. The van der Waals surface area contributed by atoms with Gasteiger partial charge in [-0.2, -0.15) is 0 Å². The predicted octanol–water partition coefficient (Wildman–Crippen LogP) is 3.64. The number of fused-ring (bicyclic) bond motifs is 1. The van der Waals surface area contributed by atoms with E-state index < -0.39 is 0 Å². The largest absolute Gasteiger partial charge is 0.347 e. The zero-order valence-corrected chi connectivity index (χ0v) is 18.5. The first-order chi connectivity index (χ1) is 15.6. The van der Waals surface area contributed by atoms with Crippen molar-refractivity contribution >= 4 is 22.8 Å². The van der Waals surface area contributed by atoms with Crippen LogP contribution in [0.1, 0.15) is 32.6 Å². The number of pyridine rings is 2. The van der Waals surface area contributed by atoms with Gasteiger partial charge in [0.1, 0.15) is 11.5 Å². The molecular formula is C23H21N7OS. The van der Waals surface area contributed by atoms with E-state index in [0.717, 1.165) is 27.6 Å². The number of imidazole rings is 2. The number of thiazole rings is 1. The molecule has 32 heavy (non-hydrogen) atoms. The molecule has 5 aromatic rings. The van der Waals surface area contributed by atoms with Crippen molar-refractivity contribution in [1.82, 2.24) is 34.2 Å². The lowest BCUT2D eigenvalue weighted by atomic mass is 10.2. The topological polar surface area (TPSA) is 90.0 Å². The van der Waals surface area contributed by atoms with Crippen LogP contribution in [0.4, 0.5) is 0 Å². The molecule has 0 atom stereocenters. The summed E-state index contributed by atoms with van der Waals surface area (Å²) in [5, 5.41) is 6.05. The zero-order valence-electron chi connectivity index (χ0n) is 17.7. The number of aromatic nitrogens is 6. The number of hydrogen-bond donors (Lipinski definition) is 1. The fourth-order valence-corrected chi connectivity index (χ4v) is 4.19. The molecule has 0 unspecified atom stereocenters. The first kappa shape index (κ1) is 20.1. The smallest absolute Gasteiger partial charge is 0.272 e. The Morgan fingerprint density at radius 3 is 2.72 bits per heavy atom. The number of carbonyl (C=O) groups excluding carboxylic acids is 1. The Bertz CT molecular complexity index is 1400. The monoisotopic (exact) mass is 443 g/mol. The summed E-state index contributed by atoms with van der Waals surface area (Å²) in [6, 6.07) is 9.44. The highest BCUT2D eigenvalue weighted by molar-refractivity contribution is 7.09. The summed E-state index contributed by atoms with van der Waals surface area (Å²) in [5.41, 5.74) is 3.80. The number of hydrogen-bond acceptors (Lipinski definition) is 6. The third-order valence-corrected chi connectivity index (χ3v) is 5.99. The molecule has 0 bridgehead atoms. The van der Waals surface area contributed by atoms with Crippen LogP contribution < -0.4 is 5.32 Å². The van der Waals surface area contributed by atoms with Crippen LogP contribution in [0.5, 0.6) is 0 Å². The maximum absolute atomic E-state index is 13.0. The molecule has 1 N–H and O–H groups in total. The summed E-state index contributed by atoms with van der Waals surface area (Å²) >= 11 is 1.63. The number of nitrogens with zero attached hydrogens (tertiary/aromatic N) is 6. The van der Waals surface area contributed by atoms with Crippen LogP contribution in [-0.4, -0.2) is 34.8 Å². The van der Waals surface area contributed by atoms with Gasteiger partial charge < -0.3 is 9.88 Å². The molecule has 5 rings (SSSR count). The lowest BCUT2D eigenvalue weighted by molar-refractivity contribution is 0.0948. The lowest BCUT2D eigenvalue weighted by Gasteiger charge is -2.03. The van der Waals surface area contributed by atoms with Gasteiger partial charge in [0.05, 0.1) is 22.8 Å².